The van der Waals surface area contributed by atoms with Crippen molar-refractivity contribution in [3.8, 4) is 11.1 Å². The Hall–Kier alpha value is -2.85. The molecule has 1 aliphatic heterocycles. The molecule has 4 aromatic carbocycles. The molecule has 3 heteroatoms. The molecule has 39 heavy (non-hydrogen) atoms. The first-order chi connectivity index (χ1) is 19.2. The maximum atomic E-state index is 6.83. The molecular weight excluding hydrogens is 496 g/mol. The number of benzene rings is 4. The van der Waals surface area contributed by atoms with Gasteiger partial charge in [0.2, 0.25) is 0 Å². The minimum absolute atomic E-state index is 0.00221. The predicted molar refractivity (Wildman–Crippen MR) is 165 cm³/mol. The van der Waals surface area contributed by atoms with Crippen molar-refractivity contribution in [2.24, 2.45) is 5.92 Å². The molecule has 0 saturated carbocycles. The molecule has 0 unspecified atom stereocenters. The van der Waals surface area contributed by atoms with E-state index in [2.05, 4.69) is 142 Å². The van der Waals surface area contributed by atoms with Crippen LogP contribution < -0.4 is 0 Å². The van der Waals surface area contributed by atoms with Crippen LogP contribution in [0.1, 0.15) is 54.7 Å². The average molecular weight is 537 g/mol. The normalized spacial score (nSPS) is 23.0. The molecule has 0 aromatic heterocycles. The van der Waals surface area contributed by atoms with Crippen molar-refractivity contribution in [1.29, 1.82) is 0 Å². The maximum Gasteiger partial charge on any atom is 0.100 e. The Kier molecular flexibility index (Phi) is 9.58. The van der Waals surface area contributed by atoms with Crippen molar-refractivity contribution in [3.05, 3.63) is 131 Å². The Bertz CT molecular complexity index is 1290. The molecule has 0 bridgehead atoms. The van der Waals surface area contributed by atoms with Gasteiger partial charge in [0, 0.05) is 5.25 Å². The largest absolute Gasteiger partial charge is 0.370 e. The zero-order valence-corrected chi connectivity index (χ0v) is 24.1. The van der Waals surface area contributed by atoms with E-state index >= 15 is 0 Å². The third kappa shape index (κ3) is 6.84. The summed E-state index contributed by atoms with van der Waals surface area (Å²) >= 11 is 2.07. The van der Waals surface area contributed by atoms with E-state index in [1.807, 2.05) is 0 Å². The molecule has 202 valence electrons. The number of ether oxygens (including phenoxy) is 2. The minimum Gasteiger partial charge on any atom is -0.370 e. The molecule has 0 radical (unpaired) electrons. The minimum atomic E-state index is -0.0607. The van der Waals surface area contributed by atoms with Crippen molar-refractivity contribution in [2.45, 2.75) is 69.5 Å². The molecule has 1 saturated heterocycles. The third-order valence-corrected chi connectivity index (χ3v) is 9.88. The highest BCUT2D eigenvalue weighted by Gasteiger charge is 2.45. The van der Waals surface area contributed by atoms with E-state index in [9.17, 15) is 0 Å². The Balaban J connectivity index is 1.47. The van der Waals surface area contributed by atoms with Crippen molar-refractivity contribution in [2.75, 3.05) is 0 Å². The summed E-state index contributed by atoms with van der Waals surface area (Å²) < 4.78 is 13.6. The van der Waals surface area contributed by atoms with Crippen LogP contribution in [-0.2, 0) is 29.1 Å². The summed E-state index contributed by atoms with van der Waals surface area (Å²) in [4.78, 5) is 0. The Morgan fingerprint density at radius 3 is 1.82 bits per heavy atom. The SMILES string of the molecule is CCc1ccc(-c2cccc([C@@H]3S[C@H](CC)[C@@H](C)[C@H](OCc4ccccc4)[C@H]3OCc3ccccc3)c2)cc1. The number of aryl methyl sites for hydroxylation is 1. The lowest BCUT2D eigenvalue weighted by Gasteiger charge is -2.45. The molecule has 1 aliphatic rings. The van der Waals surface area contributed by atoms with Gasteiger partial charge >= 0.3 is 0 Å². The molecule has 1 fully saturated rings. The Morgan fingerprint density at radius 2 is 1.23 bits per heavy atom. The van der Waals surface area contributed by atoms with E-state index in [0.717, 1.165) is 12.8 Å². The Morgan fingerprint density at radius 1 is 0.615 bits per heavy atom. The molecular formula is C36H40O2S. The number of hydrogen-bond donors (Lipinski definition) is 0. The standard InChI is InChI=1S/C36H40O2S/c1-4-27-19-21-30(22-20-27)31-17-12-18-32(23-31)36-35(38-25-29-15-10-7-11-16-29)34(26(3)33(5-2)39-36)37-24-28-13-8-6-9-14-28/h6-23,26,33-36H,4-5,24-25H2,1-3H3/t26-,33-,34+,35-,36+/m1/s1. The molecule has 2 nitrogen and oxygen atoms in total. The van der Waals surface area contributed by atoms with Gasteiger partial charge in [0.15, 0.2) is 0 Å². The summed E-state index contributed by atoms with van der Waals surface area (Å²) in [5.41, 5.74) is 7.59. The van der Waals surface area contributed by atoms with Gasteiger partial charge in [-0.15, -0.1) is 11.8 Å². The Labute approximate surface area is 238 Å². The number of rotatable bonds is 10. The van der Waals surface area contributed by atoms with Gasteiger partial charge in [0.1, 0.15) is 6.10 Å². The van der Waals surface area contributed by atoms with Crippen molar-refractivity contribution in [1.82, 2.24) is 0 Å². The van der Waals surface area contributed by atoms with E-state index in [1.54, 1.807) is 0 Å². The first kappa shape index (κ1) is 27.7. The van der Waals surface area contributed by atoms with Crippen LogP contribution in [0.25, 0.3) is 11.1 Å². The fraction of sp³-hybridized carbons (Fsp3) is 0.333. The number of thioether (sulfide) groups is 1. The first-order valence-electron chi connectivity index (χ1n) is 14.3. The van der Waals surface area contributed by atoms with Crippen LogP contribution in [0.2, 0.25) is 0 Å². The van der Waals surface area contributed by atoms with Gasteiger partial charge in [0.05, 0.1) is 24.6 Å². The molecule has 1 heterocycles. The summed E-state index contributed by atoms with van der Waals surface area (Å²) in [6.45, 7) is 8.02. The van der Waals surface area contributed by atoms with Gasteiger partial charge in [-0.3, -0.25) is 0 Å². The second-order valence-electron chi connectivity index (χ2n) is 10.6. The second kappa shape index (κ2) is 13.5. The second-order valence-corrected chi connectivity index (χ2v) is 11.9. The third-order valence-electron chi connectivity index (χ3n) is 7.93. The van der Waals surface area contributed by atoms with Crippen LogP contribution in [0.4, 0.5) is 0 Å². The van der Waals surface area contributed by atoms with Crippen LogP contribution in [-0.4, -0.2) is 17.5 Å². The molecule has 5 atom stereocenters. The van der Waals surface area contributed by atoms with E-state index in [4.69, 9.17) is 9.47 Å². The van der Waals surface area contributed by atoms with Crippen LogP contribution in [0, 0.1) is 5.92 Å². The predicted octanol–water partition coefficient (Wildman–Crippen LogP) is 9.29. The van der Waals surface area contributed by atoms with Crippen LogP contribution in [0.5, 0.6) is 0 Å². The van der Waals surface area contributed by atoms with E-state index < -0.39 is 0 Å². The van der Waals surface area contributed by atoms with Crippen LogP contribution in [0.3, 0.4) is 0 Å². The van der Waals surface area contributed by atoms with Crippen LogP contribution in [0.15, 0.2) is 109 Å². The van der Waals surface area contributed by atoms with Gasteiger partial charge in [-0.25, -0.2) is 0 Å². The van der Waals surface area contributed by atoms with Crippen molar-refractivity contribution in [3.63, 3.8) is 0 Å². The maximum absolute atomic E-state index is 6.83. The van der Waals surface area contributed by atoms with Crippen LogP contribution >= 0.6 is 11.8 Å². The lowest BCUT2D eigenvalue weighted by Crippen LogP contribution is -2.48. The van der Waals surface area contributed by atoms with Crippen molar-refractivity contribution >= 4 is 11.8 Å². The van der Waals surface area contributed by atoms with Gasteiger partial charge in [0.25, 0.3) is 0 Å². The summed E-state index contributed by atoms with van der Waals surface area (Å²) in [7, 11) is 0. The fourth-order valence-corrected chi connectivity index (χ4v) is 7.26. The van der Waals surface area contributed by atoms with Gasteiger partial charge in [-0.1, -0.05) is 124 Å². The quantitative estimate of drug-likeness (QED) is 0.201. The van der Waals surface area contributed by atoms with Crippen molar-refractivity contribution < 1.29 is 9.47 Å². The zero-order chi connectivity index (χ0) is 27.0. The summed E-state index contributed by atoms with van der Waals surface area (Å²) in [6.07, 6.45) is 2.10. The van der Waals surface area contributed by atoms with E-state index in [0.29, 0.717) is 24.4 Å². The highest BCUT2D eigenvalue weighted by molar-refractivity contribution is 8.00. The highest BCUT2D eigenvalue weighted by Crippen LogP contribution is 2.49. The molecule has 0 amide bonds. The zero-order valence-electron chi connectivity index (χ0n) is 23.3. The molecule has 0 N–H and O–H groups in total. The smallest absolute Gasteiger partial charge is 0.100 e. The van der Waals surface area contributed by atoms with Gasteiger partial charge in [-0.05, 0) is 58.2 Å². The molecule has 4 aromatic rings. The summed E-state index contributed by atoms with van der Waals surface area (Å²) in [5.74, 6) is 0.380. The lowest BCUT2D eigenvalue weighted by atomic mass is 9.89. The topological polar surface area (TPSA) is 18.5 Å². The highest BCUT2D eigenvalue weighted by atomic mass is 32.2. The molecule has 0 spiro atoms. The monoisotopic (exact) mass is 536 g/mol. The summed E-state index contributed by atoms with van der Waals surface area (Å²) in [5, 5.41) is 0.686. The van der Waals surface area contributed by atoms with E-state index in [1.165, 1.54) is 33.4 Å². The van der Waals surface area contributed by atoms with E-state index in [-0.39, 0.29) is 17.5 Å². The summed E-state index contributed by atoms with van der Waals surface area (Å²) in [6, 6.07) is 39.1. The number of hydrogen-bond acceptors (Lipinski definition) is 3. The first-order valence-corrected chi connectivity index (χ1v) is 15.3. The molecule has 0 aliphatic carbocycles. The van der Waals surface area contributed by atoms with Gasteiger partial charge in [-0.2, -0.15) is 0 Å². The molecule has 5 rings (SSSR count). The van der Waals surface area contributed by atoms with Gasteiger partial charge < -0.3 is 9.47 Å². The average Bonchev–Trinajstić information content (AvgIpc) is 3.00. The fourth-order valence-electron chi connectivity index (χ4n) is 5.60. The lowest BCUT2D eigenvalue weighted by molar-refractivity contribution is -0.112.